The van der Waals surface area contributed by atoms with Crippen LogP contribution < -0.4 is 10.5 Å². The summed E-state index contributed by atoms with van der Waals surface area (Å²) in [5, 5.41) is 0. The summed E-state index contributed by atoms with van der Waals surface area (Å²) in [5.41, 5.74) is 6.33. The molecule has 7 heteroatoms. The van der Waals surface area contributed by atoms with E-state index in [1.54, 1.807) is 12.1 Å². The molecule has 1 rings (SSSR count). The van der Waals surface area contributed by atoms with Gasteiger partial charge in [0.05, 0.1) is 59.5 Å². The molecule has 2 N–H and O–H groups in total. The smallest absolute Gasteiger partial charge is 0.119 e. The third-order valence-electron chi connectivity index (χ3n) is 3.21. The first-order valence-corrected chi connectivity index (χ1v) is 9.20. The molecular weight excluding hydrogens is 338 g/mol. The van der Waals surface area contributed by atoms with Gasteiger partial charge in [-0.15, -0.1) is 0 Å². The maximum atomic E-state index is 5.61. The van der Waals surface area contributed by atoms with Crippen molar-refractivity contribution < 1.29 is 28.4 Å². The zero-order valence-corrected chi connectivity index (χ0v) is 15.8. The van der Waals surface area contributed by atoms with Crippen LogP contribution in [0.3, 0.4) is 0 Å². The summed E-state index contributed by atoms with van der Waals surface area (Å²) in [6, 6.07) is 7.29. The van der Waals surface area contributed by atoms with Crippen molar-refractivity contribution in [3.63, 3.8) is 0 Å². The SMILES string of the molecule is CCCOCCOCCOCCOCCOCCOc1ccc(N)cc1. The average molecular weight is 371 g/mol. The van der Waals surface area contributed by atoms with Gasteiger partial charge < -0.3 is 34.2 Å². The Hall–Kier alpha value is -1.38. The Balaban J connectivity index is 1.72. The van der Waals surface area contributed by atoms with Gasteiger partial charge in [0, 0.05) is 12.3 Å². The van der Waals surface area contributed by atoms with E-state index in [1.165, 1.54) is 0 Å². The van der Waals surface area contributed by atoms with Gasteiger partial charge in [-0.05, 0) is 30.7 Å². The molecule has 0 aromatic heterocycles. The van der Waals surface area contributed by atoms with Crippen LogP contribution in [-0.4, -0.2) is 72.7 Å². The minimum Gasteiger partial charge on any atom is -0.491 e. The van der Waals surface area contributed by atoms with Gasteiger partial charge in [-0.2, -0.15) is 0 Å². The molecule has 0 saturated carbocycles. The summed E-state index contributed by atoms with van der Waals surface area (Å²) in [6.07, 6.45) is 1.03. The highest BCUT2D eigenvalue weighted by molar-refractivity contribution is 5.41. The summed E-state index contributed by atoms with van der Waals surface area (Å²) in [4.78, 5) is 0. The van der Waals surface area contributed by atoms with E-state index in [0.717, 1.165) is 24.5 Å². The molecule has 0 atom stereocenters. The minimum atomic E-state index is 0.497. The van der Waals surface area contributed by atoms with E-state index < -0.39 is 0 Å². The minimum absolute atomic E-state index is 0.497. The number of nitrogens with two attached hydrogens (primary N) is 1. The highest BCUT2D eigenvalue weighted by Gasteiger charge is 1.95. The van der Waals surface area contributed by atoms with Gasteiger partial charge >= 0.3 is 0 Å². The maximum Gasteiger partial charge on any atom is 0.119 e. The van der Waals surface area contributed by atoms with Gasteiger partial charge in [0.2, 0.25) is 0 Å². The van der Waals surface area contributed by atoms with E-state index in [2.05, 4.69) is 6.92 Å². The number of rotatable bonds is 18. The van der Waals surface area contributed by atoms with Crippen LogP contribution in [0.1, 0.15) is 13.3 Å². The number of nitrogen functional groups attached to an aromatic ring is 1. The lowest BCUT2D eigenvalue weighted by Gasteiger charge is -2.08. The van der Waals surface area contributed by atoms with Crippen molar-refractivity contribution in [3.8, 4) is 5.75 Å². The molecule has 0 bridgehead atoms. The van der Waals surface area contributed by atoms with Crippen molar-refractivity contribution in [3.05, 3.63) is 24.3 Å². The van der Waals surface area contributed by atoms with Crippen LogP contribution in [0.2, 0.25) is 0 Å². The first-order chi connectivity index (χ1) is 12.8. The standard InChI is InChI=1S/C19H33NO6/c1-2-7-21-8-9-22-10-11-23-12-13-24-14-15-25-16-17-26-19-5-3-18(20)4-6-19/h3-6H,2,7-17,20H2,1H3. The summed E-state index contributed by atoms with van der Waals surface area (Å²) in [7, 11) is 0. The molecule has 150 valence electrons. The molecule has 0 aliphatic rings. The van der Waals surface area contributed by atoms with Gasteiger partial charge in [-0.1, -0.05) is 6.92 Å². The number of benzene rings is 1. The summed E-state index contributed by atoms with van der Waals surface area (Å²) >= 11 is 0. The summed E-state index contributed by atoms with van der Waals surface area (Å²) < 4.78 is 32.5. The van der Waals surface area contributed by atoms with E-state index in [9.17, 15) is 0 Å². The maximum absolute atomic E-state index is 5.61. The van der Waals surface area contributed by atoms with Gasteiger partial charge in [0.15, 0.2) is 0 Å². The number of anilines is 1. The lowest BCUT2D eigenvalue weighted by molar-refractivity contribution is -0.0126. The fourth-order valence-corrected chi connectivity index (χ4v) is 1.91. The second kappa shape index (κ2) is 17.1. The Morgan fingerprint density at radius 2 is 0.962 bits per heavy atom. The molecule has 1 aromatic rings. The lowest BCUT2D eigenvalue weighted by Crippen LogP contribution is -2.14. The van der Waals surface area contributed by atoms with Crippen LogP contribution >= 0.6 is 0 Å². The monoisotopic (exact) mass is 371 g/mol. The fraction of sp³-hybridized carbons (Fsp3) is 0.684. The second-order valence-electron chi connectivity index (χ2n) is 5.48. The van der Waals surface area contributed by atoms with Crippen LogP contribution in [0.4, 0.5) is 5.69 Å². The molecule has 0 amide bonds. The molecule has 0 aliphatic carbocycles. The zero-order valence-electron chi connectivity index (χ0n) is 15.8. The van der Waals surface area contributed by atoms with Crippen molar-refractivity contribution in [2.75, 3.05) is 78.4 Å². The number of ether oxygens (including phenoxy) is 6. The molecular formula is C19H33NO6. The molecule has 0 unspecified atom stereocenters. The van der Waals surface area contributed by atoms with Crippen molar-refractivity contribution in [1.82, 2.24) is 0 Å². The van der Waals surface area contributed by atoms with Crippen LogP contribution in [0.25, 0.3) is 0 Å². The van der Waals surface area contributed by atoms with E-state index in [1.807, 2.05) is 12.1 Å². The normalized spacial score (nSPS) is 11.0. The lowest BCUT2D eigenvalue weighted by atomic mass is 10.3. The van der Waals surface area contributed by atoms with Crippen LogP contribution in [0.15, 0.2) is 24.3 Å². The predicted octanol–water partition coefficient (Wildman–Crippen LogP) is 2.14. The highest BCUT2D eigenvalue weighted by Crippen LogP contribution is 2.12. The fourth-order valence-electron chi connectivity index (χ4n) is 1.91. The molecule has 0 aliphatic heterocycles. The highest BCUT2D eigenvalue weighted by atomic mass is 16.6. The molecule has 26 heavy (non-hydrogen) atoms. The van der Waals surface area contributed by atoms with Gasteiger partial charge in [-0.3, -0.25) is 0 Å². The van der Waals surface area contributed by atoms with E-state index in [4.69, 9.17) is 34.2 Å². The van der Waals surface area contributed by atoms with Crippen molar-refractivity contribution in [2.24, 2.45) is 0 Å². The third kappa shape index (κ3) is 13.9. The molecule has 0 fully saturated rings. The molecule has 0 spiro atoms. The van der Waals surface area contributed by atoms with Gasteiger partial charge in [0.25, 0.3) is 0 Å². The van der Waals surface area contributed by atoms with Crippen molar-refractivity contribution in [2.45, 2.75) is 13.3 Å². The second-order valence-corrected chi connectivity index (χ2v) is 5.48. The van der Waals surface area contributed by atoms with Crippen LogP contribution in [0, 0.1) is 0 Å². The van der Waals surface area contributed by atoms with E-state index >= 15 is 0 Å². The van der Waals surface area contributed by atoms with Gasteiger partial charge in [0.1, 0.15) is 12.4 Å². The quantitative estimate of drug-likeness (QED) is 0.313. The molecule has 0 saturated heterocycles. The first-order valence-electron chi connectivity index (χ1n) is 9.20. The molecule has 0 heterocycles. The summed E-state index contributed by atoms with van der Waals surface area (Å²) in [5.74, 6) is 0.786. The predicted molar refractivity (Wildman–Crippen MR) is 101 cm³/mol. The Morgan fingerprint density at radius 3 is 1.38 bits per heavy atom. The average Bonchev–Trinajstić information content (AvgIpc) is 2.66. The Kier molecular flexibility index (Phi) is 14.9. The van der Waals surface area contributed by atoms with Gasteiger partial charge in [-0.25, -0.2) is 0 Å². The summed E-state index contributed by atoms with van der Waals surface area (Å²) in [6.45, 7) is 8.45. The molecule has 1 aromatic carbocycles. The van der Waals surface area contributed by atoms with Crippen molar-refractivity contribution in [1.29, 1.82) is 0 Å². The number of hydrogen-bond acceptors (Lipinski definition) is 7. The van der Waals surface area contributed by atoms with Crippen LogP contribution in [0.5, 0.6) is 5.75 Å². The molecule has 7 nitrogen and oxygen atoms in total. The Labute approximate surface area is 156 Å². The topological polar surface area (TPSA) is 81.4 Å². The third-order valence-corrected chi connectivity index (χ3v) is 3.21. The largest absolute Gasteiger partial charge is 0.491 e. The van der Waals surface area contributed by atoms with Crippen molar-refractivity contribution >= 4 is 5.69 Å². The van der Waals surface area contributed by atoms with E-state index in [0.29, 0.717) is 66.1 Å². The van der Waals surface area contributed by atoms with Crippen LogP contribution in [-0.2, 0) is 23.7 Å². The first kappa shape index (κ1) is 22.7. The Bertz CT molecular complexity index is 415. The number of hydrogen-bond donors (Lipinski definition) is 1. The zero-order chi connectivity index (χ0) is 18.7. The van der Waals surface area contributed by atoms with E-state index in [-0.39, 0.29) is 0 Å². The molecule has 0 radical (unpaired) electrons. The Morgan fingerprint density at radius 1 is 0.577 bits per heavy atom.